The van der Waals surface area contributed by atoms with Crippen LogP contribution < -0.4 is 5.32 Å². The van der Waals surface area contributed by atoms with Crippen LogP contribution in [-0.4, -0.2) is 43.9 Å². The lowest BCUT2D eigenvalue weighted by Gasteiger charge is -2.11. The number of aromatic nitrogens is 4. The summed E-state index contributed by atoms with van der Waals surface area (Å²) in [4.78, 5) is 24.3. The van der Waals surface area contributed by atoms with E-state index in [-0.39, 0.29) is 6.54 Å². The first-order chi connectivity index (χ1) is 14.2. The van der Waals surface area contributed by atoms with Crippen molar-refractivity contribution >= 4 is 28.0 Å². The molecule has 4 aromatic rings. The molecule has 8 nitrogen and oxygen atoms in total. The average Bonchev–Trinajstić information content (AvgIpc) is 3.10. The number of fused-ring (bicyclic) bond motifs is 3. The maximum absolute atomic E-state index is 10.9. The predicted molar refractivity (Wildman–Crippen MR) is 110 cm³/mol. The molecule has 3 aromatic heterocycles. The second-order valence-corrected chi connectivity index (χ2v) is 6.51. The smallest absolute Gasteiger partial charge is 0.404 e. The van der Waals surface area contributed by atoms with E-state index in [1.807, 2.05) is 48.0 Å². The van der Waals surface area contributed by atoms with Crippen molar-refractivity contribution in [2.45, 2.75) is 20.1 Å². The molecule has 1 amide bonds. The molecule has 0 aliphatic heterocycles. The molecule has 0 unspecified atom stereocenters. The van der Waals surface area contributed by atoms with Crippen LogP contribution in [0.5, 0.6) is 0 Å². The number of amides is 1. The van der Waals surface area contributed by atoms with Gasteiger partial charge in [-0.1, -0.05) is 18.2 Å². The lowest BCUT2D eigenvalue weighted by Crippen LogP contribution is -2.25. The van der Waals surface area contributed by atoms with Crippen molar-refractivity contribution in [1.82, 2.24) is 24.8 Å². The Labute approximate surface area is 167 Å². The van der Waals surface area contributed by atoms with Gasteiger partial charge in [-0.15, -0.1) is 0 Å². The molecule has 1 aromatic carbocycles. The largest absolute Gasteiger partial charge is 0.465 e. The normalized spacial score (nSPS) is 11.2. The van der Waals surface area contributed by atoms with E-state index >= 15 is 0 Å². The van der Waals surface area contributed by atoms with E-state index in [4.69, 9.17) is 9.84 Å². The molecule has 148 valence electrons. The standard InChI is InChI=1S/C21H21N5O3/c1-2-29-13-19-25-18-12-24-17-10-14(15-4-3-7-22-11-15)5-6-16(17)20(18)26(19)9-8-23-21(27)28/h3-7,10-12,23H,2,8-9,13H2,1H3,(H,27,28). The monoisotopic (exact) mass is 391 g/mol. The van der Waals surface area contributed by atoms with Crippen LogP contribution in [-0.2, 0) is 17.9 Å². The van der Waals surface area contributed by atoms with Gasteiger partial charge in [0.25, 0.3) is 0 Å². The molecule has 0 saturated carbocycles. The van der Waals surface area contributed by atoms with Gasteiger partial charge in [0.15, 0.2) is 0 Å². The van der Waals surface area contributed by atoms with Crippen LogP contribution in [0.4, 0.5) is 4.79 Å². The number of carbonyl (C=O) groups is 1. The Morgan fingerprint density at radius 1 is 1.21 bits per heavy atom. The van der Waals surface area contributed by atoms with E-state index in [2.05, 4.69) is 20.3 Å². The lowest BCUT2D eigenvalue weighted by atomic mass is 10.0. The number of nitrogens with zero attached hydrogens (tertiary/aromatic N) is 4. The third-order valence-corrected chi connectivity index (χ3v) is 4.69. The maximum Gasteiger partial charge on any atom is 0.404 e. The molecule has 29 heavy (non-hydrogen) atoms. The molecule has 0 atom stereocenters. The van der Waals surface area contributed by atoms with Crippen LogP contribution in [0, 0.1) is 0 Å². The number of hydrogen-bond donors (Lipinski definition) is 2. The molecule has 8 heteroatoms. The second kappa shape index (κ2) is 8.24. The van der Waals surface area contributed by atoms with Crippen molar-refractivity contribution in [3.05, 3.63) is 54.7 Å². The Morgan fingerprint density at radius 3 is 2.86 bits per heavy atom. The summed E-state index contributed by atoms with van der Waals surface area (Å²) < 4.78 is 7.57. The number of imidazole rings is 1. The molecular weight excluding hydrogens is 370 g/mol. The van der Waals surface area contributed by atoms with Crippen molar-refractivity contribution in [3.63, 3.8) is 0 Å². The van der Waals surface area contributed by atoms with Gasteiger partial charge in [0, 0.05) is 43.0 Å². The van der Waals surface area contributed by atoms with E-state index in [9.17, 15) is 4.79 Å². The first-order valence-corrected chi connectivity index (χ1v) is 9.40. The molecule has 0 fully saturated rings. The van der Waals surface area contributed by atoms with Crippen LogP contribution in [0.15, 0.2) is 48.9 Å². The molecule has 0 bridgehead atoms. The number of hydrogen-bond acceptors (Lipinski definition) is 5. The van der Waals surface area contributed by atoms with Gasteiger partial charge < -0.3 is 19.7 Å². The third-order valence-electron chi connectivity index (χ3n) is 4.69. The summed E-state index contributed by atoms with van der Waals surface area (Å²) in [6.45, 7) is 3.58. The zero-order valence-electron chi connectivity index (χ0n) is 16.0. The Hall–Kier alpha value is -3.52. The number of rotatable bonds is 7. The molecular formula is C21H21N5O3. The molecule has 0 spiro atoms. The maximum atomic E-state index is 10.9. The first-order valence-electron chi connectivity index (χ1n) is 9.40. The Balaban J connectivity index is 1.82. The van der Waals surface area contributed by atoms with Crippen LogP contribution in [0.1, 0.15) is 12.7 Å². The van der Waals surface area contributed by atoms with Gasteiger partial charge in [0.1, 0.15) is 17.9 Å². The SMILES string of the molecule is CCOCc1nc2cnc3cc(-c4cccnc4)ccc3c2n1CCNC(=O)O. The van der Waals surface area contributed by atoms with Crippen molar-refractivity contribution in [1.29, 1.82) is 0 Å². The summed E-state index contributed by atoms with van der Waals surface area (Å²) in [6.07, 6.45) is 4.27. The lowest BCUT2D eigenvalue weighted by molar-refractivity contribution is 0.126. The van der Waals surface area contributed by atoms with E-state index in [1.165, 1.54) is 0 Å². The van der Waals surface area contributed by atoms with Crippen LogP contribution in [0.25, 0.3) is 33.1 Å². The zero-order chi connectivity index (χ0) is 20.2. The highest BCUT2D eigenvalue weighted by Crippen LogP contribution is 2.29. The van der Waals surface area contributed by atoms with Gasteiger partial charge in [-0.2, -0.15) is 0 Å². The van der Waals surface area contributed by atoms with Gasteiger partial charge in [0.2, 0.25) is 0 Å². The highest BCUT2D eigenvalue weighted by molar-refractivity contribution is 6.03. The molecule has 0 aliphatic carbocycles. The molecule has 0 radical (unpaired) electrons. The number of ether oxygens (including phenoxy) is 1. The minimum absolute atomic E-state index is 0.275. The quantitative estimate of drug-likeness (QED) is 0.500. The summed E-state index contributed by atoms with van der Waals surface area (Å²) in [5, 5.41) is 12.3. The third kappa shape index (κ3) is 3.88. The minimum Gasteiger partial charge on any atom is -0.465 e. The van der Waals surface area contributed by atoms with E-state index in [1.54, 1.807) is 12.4 Å². The topological polar surface area (TPSA) is 102 Å². The molecule has 0 aliphatic rings. The zero-order valence-corrected chi connectivity index (χ0v) is 16.0. The van der Waals surface area contributed by atoms with Gasteiger partial charge >= 0.3 is 6.09 Å². The number of benzene rings is 1. The fourth-order valence-corrected chi connectivity index (χ4v) is 3.39. The highest BCUT2D eigenvalue weighted by Gasteiger charge is 2.15. The highest BCUT2D eigenvalue weighted by atomic mass is 16.5. The second-order valence-electron chi connectivity index (χ2n) is 6.51. The Kier molecular flexibility index (Phi) is 5.35. The fourth-order valence-electron chi connectivity index (χ4n) is 3.39. The first kappa shape index (κ1) is 18.8. The van der Waals surface area contributed by atoms with Crippen molar-refractivity contribution in [2.24, 2.45) is 0 Å². The number of nitrogens with one attached hydrogen (secondary N) is 1. The Bertz CT molecular complexity index is 1160. The van der Waals surface area contributed by atoms with Gasteiger partial charge in [0.05, 0.1) is 17.2 Å². The molecule has 0 saturated heterocycles. The molecule has 3 heterocycles. The Morgan fingerprint density at radius 2 is 2.10 bits per heavy atom. The fraction of sp³-hybridized carbons (Fsp3) is 0.238. The minimum atomic E-state index is -1.05. The number of carboxylic acid groups (broad SMARTS) is 1. The summed E-state index contributed by atoms with van der Waals surface area (Å²) in [5.41, 5.74) is 4.58. The van der Waals surface area contributed by atoms with Crippen molar-refractivity contribution in [3.8, 4) is 11.1 Å². The van der Waals surface area contributed by atoms with Crippen LogP contribution in [0.3, 0.4) is 0 Å². The molecule has 2 N–H and O–H groups in total. The van der Waals surface area contributed by atoms with E-state index < -0.39 is 6.09 Å². The van der Waals surface area contributed by atoms with Crippen LogP contribution >= 0.6 is 0 Å². The molecule has 4 rings (SSSR count). The number of pyridine rings is 2. The van der Waals surface area contributed by atoms with E-state index in [0.717, 1.165) is 38.9 Å². The summed E-state index contributed by atoms with van der Waals surface area (Å²) in [5.74, 6) is 0.750. The van der Waals surface area contributed by atoms with Gasteiger partial charge in [-0.3, -0.25) is 9.97 Å². The van der Waals surface area contributed by atoms with Crippen LogP contribution in [0.2, 0.25) is 0 Å². The summed E-state index contributed by atoms with van der Waals surface area (Å²) >= 11 is 0. The van der Waals surface area contributed by atoms with Crippen molar-refractivity contribution in [2.75, 3.05) is 13.2 Å². The predicted octanol–water partition coefficient (Wildman–Crippen LogP) is 3.45. The van der Waals surface area contributed by atoms with E-state index in [0.29, 0.717) is 19.8 Å². The van der Waals surface area contributed by atoms with Gasteiger partial charge in [-0.05, 0) is 24.6 Å². The summed E-state index contributed by atoms with van der Waals surface area (Å²) in [7, 11) is 0. The van der Waals surface area contributed by atoms with Gasteiger partial charge in [-0.25, -0.2) is 9.78 Å². The van der Waals surface area contributed by atoms with Crippen molar-refractivity contribution < 1.29 is 14.6 Å². The summed E-state index contributed by atoms with van der Waals surface area (Å²) in [6, 6.07) is 10.0. The average molecular weight is 391 g/mol.